The van der Waals surface area contributed by atoms with Crippen LogP contribution in [-0.2, 0) is 10.5 Å². The van der Waals surface area contributed by atoms with Gasteiger partial charge in [0.25, 0.3) is 0 Å². The van der Waals surface area contributed by atoms with Gasteiger partial charge in [-0.25, -0.2) is 0 Å². The molecule has 1 amide bonds. The Morgan fingerprint density at radius 3 is 2.63 bits per heavy atom. The van der Waals surface area contributed by atoms with Crippen molar-refractivity contribution >= 4 is 29.3 Å². The number of amides is 1. The Bertz CT molecular complexity index is 791. The van der Waals surface area contributed by atoms with Gasteiger partial charge in [-0.1, -0.05) is 61.8 Å². The lowest BCUT2D eigenvalue weighted by Crippen LogP contribution is -2.44. The first-order valence-electron chi connectivity index (χ1n) is 9.45. The molecule has 3 rings (SSSR count). The van der Waals surface area contributed by atoms with Crippen LogP contribution in [0, 0.1) is 0 Å². The number of carbonyl (C=O) groups is 1. The van der Waals surface area contributed by atoms with Crippen LogP contribution in [0.4, 0.5) is 0 Å². The lowest BCUT2D eigenvalue weighted by atomic mass is 9.83. The second-order valence-electron chi connectivity index (χ2n) is 6.94. The zero-order valence-electron chi connectivity index (χ0n) is 15.8. The van der Waals surface area contributed by atoms with Gasteiger partial charge in [-0.2, -0.15) is 0 Å². The van der Waals surface area contributed by atoms with Crippen LogP contribution in [0.1, 0.15) is 50.3 Å². The van der Waals surface area contributed by atoms with Crippen molar-refractivity contribution in [2.24, 2.45) is 0 Å². The van der Waals surface area contributed by atoms with E-state index in [4.69, 9.17) is 16.3 Å². The first-order valence-corrected chi connectivity index (χ1v) is 11.0. The maximum atomic E-state index is 12.6. The molecule has 1 heterocycles. The predicted octanol–water partition coefficient (Wildman–Crippen LogP) is 5.77. The monoisotopic (exact) mass is 403 g/mol. The molecule has 1 aliphatic rings. The molecule has 0 radical (unpaired) electrons. The van der Waals surface area contributed by atoms with Crippen LogP contribution < -0.4 is 10.1 Å². The maximum Gasteiger partial charge on any atom is 0.230 e. The molecular weight excluding hydrogens is 378 g/mol. The maximum absolute atomic E-state index is 12.6. The van der Waals surface area contributed by atoms with Crippen LogP contribution >= 0.6 is 23.4 Å². The number of hydrogen-bond acceptors (Lipinski definition) is 3. The van der Waals surface area contributed by atoms with Crippen molar-refractivity contribution in [3.63, 3.8) is 0 Å². The van der Waals surface area contributed by atoms with Crippen molar-refractivity contribution in [2.75, 3.05) is 5.75 Å². The molecule has 0 saturated carbocycles. The fourth-order valence-corrected chi connectivity index (χ4v) is 4.66. The summed E-state index contributed by atoms with van der Waals surface area (Å²) in [5.41, 5.74) is 1.92. The summed E-state index contributed by atoms with van der Waals surface area (Å²) < 4.78 is 6.31. The van der Waals surface area contributed by atoms with Gasteiger partial charge in [0.15, 0.2) is 0 Å². The number of halogens is 1. The van der Waals surface area contributed by atoms with E-state index in [0.717, 1.165) is 46.9 Å². The van der Waals surface area contributed by atoms with E-state index in [9.17, 15) is 4.79 Å². The van der Waals surface area contributed by atoms with Gasteiger partial charge in [0.2, 0.25) is 5.91 Å². The number of nitrogens with one attached hydrogen (secondary N) is 1. The van der Waals surface area contributed by atoms with Crippen LogP contribution in [0.25, 0.3) is 0 Å². The van der Waals surface area contributed by atoms with E-state index >= 15 is 0 Å². The Kier molecular flexibility index (Phi) is 6.72. The van der Waals surface area contributed by atoms with E-state index in [1.807, 2.05) is 48.5 Å². The fraction of sp³-hybridized carbons (Fsp3) is 0.409. The molecular formula is C22H26ClNO2S. The summed E-state index contributed by atoms with van der Waals surface area (Å²) in [7, 11) is 0. The summed E-state index contributed by atoms with van der Waals surface area (Å²) >= 11 is 7.77. The van der Waals surface area contributed by atoms with Crippen molar-refractivity contribution in [2.45, 2.75) is 50.5 Å². The predicted molar refractivity (Wildman–Crippen MR) is 113 cm³/mol. The molecule has 2 aromatic carbocycles. The Hall–Kier alpha value is -1.65. The Balaban J connectivity index is 1.63. The summed E-state index contributed by atoms with van der Waals surface area (Å²) in [4.78, 5) is 12.6. The summed E-state index contributed by atoms with van der Waals surface area (Å²) in [6, 6.07) is 15.8. The Morgan fingerprint density at radius 1 is 1.19 bits per heavy atom. The third-order valence-corrected chi connectivity index (χ3v) is 6.62. The molecule has 0 unspecified atom stereocenters. The second kappa shape index (κ2) is 9.03. The minimum atomic E-state index is -0.211. The molecule has 0 bridgehead atoms. The number of ether oxygens (including phenoxy) is 1. The van der Waals surface area contributed by atoms with Gasteiger partial charge >= 0.3 is 0 Å². The number of para-hydroxylation sites is 1. The highest BCUT2D eigenvalue weighted by atomic mass is 35.5. The van der Waals surface area contributed by atoms with Crippen LogP contribution in [0.2, 0.25) is 5.02 Å². The zero-order valence-corrected chi connectivity index (χ0v) is 17.4. The number of hydrogen-bond donors (Lipinski definition) is 1. The molecule has 1 atom stereocenters. The van der Waals surface area contributed by atoms with Gasteiger partial charge in [0, 0.05) is 22.8 Å². The molecule has 1 N–H and O–H groups in total. The van der Waals surface area contributed by atoms with Gasteiger partial charge < -0.3 is 10.1 Å². The molecule has 0 aromatic heterocycles. The summed E-state index contributed by atoms with van der Waals surface area (Å²) in [5.74, 6) is 2.08. The lowest BCUT2D eigenvalue weighted by Gasteiger charge is -2.41. The van der Waals surface area contributed by atoms with Gasteiger partial charge in [-0.3, -0.25) is 4.79 Å². The first-order chi connectivity index (χ1) is 13.1. The highest BCUT2D eigenvalue weighted by Crippen LogP contribution is 2.42. The van der Waals surface area contributed by atoms with Gasteiger partial charge in [-0.05, 0) is 30.5 Å². The number of fused-ring (bicyclic) bond motifs is 1. The largest absolute Gasteiger partial charge is 0.487 e. The molecule has 5 heteroatoms. The van der Waals surface area contributed by atoms with E-state index in [2.05, 4.69) is 19.2 Å². The standard InChI is InChI=1S/C22H26ClNO2S/c1-3-22(4-2)13-19(17-10-6-8-12-20(17)26-22)24-21(25)15-27-14-16-9-5-7-11-18(16)23/h5-12,19H,3-4,13-15H2,1-2H3,(H,24,25)/t19-/m1/s1. The van der Waals surface area contributed by atoms with Crippen LogP contribution in [0.3, 0.4) is 0 Å². The first kappa shape index (κ1) is 20.1. The summed E-state index contributed by atoms with van der Waals surface area (Å²) in [5, 5.41) is 3.98. The Labute approximate surface area is 170 Å². The van der Waals surface area contributed by atoms with Gasteiger partial charge in [0.05, 0.1) is 11.8 Å². The van der Waals surface area contributed by atoms with E-state index in [-0.39, 0.29) is 17.6 Å². The fourth-order valence-electron chi connectivity index (χ4n) is 3.54. The normalized spacial score (nSPS) is 17.7. The van der Waals surface area contributed by atoms with Crippen molar-refractivity contribution in [3.8, 4) is 5.75 Å². The topological polar surface area (TPSA) is 38.3 Å². The zero-order chi connectivity index (χ0) is 19.3. The quantitative estimate of drug-likeness (QED) is 0.637. The molecule has 27 heavy (non-hydrogen) atoms. The van der Waals surface area contributed by atoms with Crippen molar-refractivity contribution in [1.82, 2.24) is 5.32 Å². The minimum Gasteiger partial charge on any atom is -0.487 e. The number of rotatable bonds is 7. The SMILES string of the molecule is CCC1(CC)C[C@@H](NC(=O)CSCc2ccccc2Cl)c2ccccc2O1. The molecule has 0 fully saturated rings. The molecule has 2 aromatic rings. The molecule has 0 aliphatic carbocycles. The molecule has 144 valence electrons. The third-order valence-electron chi connectivity index (χ3n) is 5.27. The van der Waals surface area contributed by atoms with E-state index in [1.54, 1.807) is 11.8 Å². The summed E-state index contributed by atoms with van der Waals surface area (Å²) in [6.45, 7) is 4.30. The van der Waals surface area contributed by atoms with E-state index < -0.39 is 0 Å². The summed E-state index contributed by atoms with van der Waals surface area (Å²) in [6.07, 6.45) is 2.65. The van der Waals surface area contributed by atoms with E-state index in [1.165, 1.54) is 0 Å². The third kappa shape index (κ3) is 4.80. The van der Waals surface area contributed by atoms with Gasteiger partial charge in [0.1, 0.15) is 11.4 Å². The lowest BCUT2D eigenvalue weighted by molar-refractivity contribution is -0.120. The number of benzene rings is 2. The minimum absolute atomic E-state index is 0.0109. The number of thioether (sulfide) groups is 1. The van der Waals surface area contributed by atoms with Crippen molar-refractivity contribution < 1.29 is 9.53 Å². The van der Waals surface area contributed by atoms with Gasteiger partial charge in [-0.15, -0.1) is 11.8 Å². The average molecular weight is 404 g/mol. The smallest absolute Gasteiger partial charge is 0.230 e. The molecule has 3 nitrogen and oxygen atoms in total. The van der Waals surface area contributed by atoms with Crippen LogP contribution in [0.15, 0.2) is 48.5 Å². The second-order valence-corrected chi connectivity index (χ2v) is 8.33. The highest BCUT2D eigenvalue weighted by molar-refractivity contribution is 7.99. The van der Waals surface area contributed by atoms with E-state index in [0.29, 0.717) is 5.75 Å². The number of carbonyl (C=O) groups excluding carboxylic acids is 1. The van der Waals surface area contributed by atoms with Crippen molar-refractivity contribution in [1.29, 1.82) is 0 Å². The van der Waals surface area contributed by atoms with Crippen LogP contribution in [0.5, 0.6) is 5.75 Å². The Morgan fingerprint density at radius 2 is 1.89 bits per heavy atom. The average Bonchev–Trinajstić information content (AvgIpc) is 2.69. The molecule has 1 aliphatic heterocycles. The molecule has 0 spiro atoms. The van der Waals surface area contributed by atoms with Crippen LogP contribution in [-0.4, -0.2) is 17.3 Å². The highest BCUT2D eigenvalue weighted by Gasteiger charge is 2.38. The molecule has 0 saturated heterocycles. The van der Waals surface area contributed by atoms with Crippen molar-refractivity contribution in [3.05, 3.63) is 64.7 Å².